The summed E-state index contributed by atoms with van der Waals surface area (Å²) < 4.78 is 13.6. The van der Waals surface area contributed by atoms with Gasteiger partial charge in [-0.15, -0.1) is 0 Å². The van der Waals surface area contributed by atoms with Crippen molar-refractivity contribution in [2.75, 3.05) is 5.32 Å². The Morgan fingerprint density at radius 2 is 1.65 bits per heavy atom. The minimum Gasteiger partial charge on any atom is -0.379 e. The first-order chi connectivity index (χ1) is 9.36. The topological polar surface area (TPSA) is 12.0 Å². The molecule has 0 unspecified atom stereocenters. The summed E-state index contributed by atoms with van der Waals surface area (Å²) in [6.45, 7) is 9.62. The van der Waals surface area contributed by atoms with Gasteiger partial charge in [-0.2, -0.15) is 0 Å². The zero-order valence-electron chi connectivity index (χ0n) is 12.6. The summed E-state index contributed by atoms with van der Waals surface area (Å²) in [5.41, 5.74) is 2.80. The van der Waals surface area contributed by atoms with Crippen LogP contribution in [0.15, 0.2) is 42.5 Å². The molecule has 2 aromatic carbocycles. The number of rotatable bonds is 4. The maximum absolute atomic E-state index is 13.6. The summed E-state index contributed by atoms with van der Waals surface area (Å²) in [6, 6.07) is 13.8. The maximum atomic E-state index is 13.6. The molecule has 0 amide bonds. The minimum absolute atomic E-state index is 0.200. The van der Waals surface area contributed by atoms with Crippen LogP contribution < -0.4 is 10.5 Å². The van der Waals surface area contributed by atoms with Crippen molar-refractivity contribution in [1.29, 1.82) is 0 Å². The van der Waals surface area contributed by atoms with Crippen LogP contribution in [-0.4, -0.2) is 8.07 Å². The first-order valence-corrected chi connectivity index (χ1v) is 10.5. The molecule has 0 radical (unpaired) electrons. The van der Waals surface area contributed by atoms with E-state index in [9.17, 15) is 4.39 Å². The van der Waals surface area contributed by atoms with Gasteiger partial charge in [0.05, 0.1) is 13.8 Å². The highest BCUT2D eigenvalue weighted by Gasteiger charge is 2.15. The zero-order valence-corrected chi connectivity index (χ0v) is 13.6. The van der Waals surface area contributed by atoms with E-state index in [0.717, 1.165) is 5.56 Å². The van der Waals surface area contributed by atoms with Crippen molar-refractivity contribution in [3.63, 3.8) is 0 Å². The van der Waals surface area contributed by atoms with Crippen molar-refractivity contribution >= 4 is 18.9 Å². The van der Waals surface area contributed by atoms with Crippen LogP contribution in [0.3, 0.4) is 0 Å². The molecule has 0 aliphatic rings. The van der Waals surface area contributed by atoms with Crippen LogP contribution in [0.25, 0.3) is 0 Å². The van der Waals surface area contributed by atoms with Crippen molar-refractivity contribution in [2.24, 2.45) is 0 Å². The Morgan fingerprint density at radius 3 is 2.25 bits per heavy atom. The van der Waals surface area contributed by atoms with Gasteiger partial charge in [0.1, 0.15) is 5.82 Å². The van der Waals surface area contributed by atoms with Crippen LogP contribution in [0, 0.1) is 12.7 Å². The summed E-state index contributed by atoms with van der Waals surface area (Å²) >= 11 is 0. The lowest BCUT2D eigenvalue weighted by Crippen LogP contribution is -2.37. The second kappa shape index (κ2) is 5.79. The quantitative estimate of drug-likeness (QED) is 0.827. The molecular weight excluding hydrogens is 265 g/mol. The summed E-state index contributed by atoms with van der Waals surface area (Å²) in [5, 5.41) is 4.61. The molecule has 0 atom stereocenters. The summed E-state index contributed by atoms with van der Waals surface area (Å²) in [4.78, 5) is 0. The average Bonchev–Trinajstić information content (AvgIpc) is 2.39. The van der Waals surface area contributed by atoms with Crippen molar-refractivity contribution < 1.29 is 4.39 Å². The van der Waals surface area contributed by atoms with Crippen LogP contribution in [0.1, 0.15) is 11.1 Å². The largest absolute Gasteiger partial charge is 0.379 e. The second-order valence-electron chi connectivity index (χ2n) is 6.28. The number of hydrogen-bond acceptors (Lipinski definition) is 1. The number of halogens is 1. The standard InChI is InChI=1S/C17H22FNSi/c1-13-5-10-16(18)17(11-13)19-12-14-6-8-15(9-7-14)20(2,3)4/h5-11,19H,12H2,1-4H3. The highest BCUT2D eigenvalue weighted by atomic mass is 28.3. The van der Waals surface area contributed by atoms with Gasteiger partial charge in [0.25, 0.3) is 0 Å². The first kappa shape index (κ1) is 14.8. The van der Waals surface area contributed by atoms with Crippen LogP contribution in [-0.2, 0) is 6.54 Å². The number of benzene rings is 2. The zero-order chi connectivity index (χ0) is 14.8. The van der Waals surface area contributed by atoms with Gasteiger partial charge in [-0.25, -0.2) is 4.39 Å². The van der Waals surface area contributed by atoms with E-state index in [1.807, 2.05) is 13.0 Å². The molecule has 0 saturated carbocycles. The van der Waals surface area contributed by atoms with Crippen LogP contribution >= 0.6 is 0 Å². The van der Waals surface area contributed by atoms with E-state index in [2.05, 4.69) is 49.2 Å². The lowest BCUT2D eigenvalue weighted by atomic mass is 10.2. The molecular formula is C17H22FNSi. The molecule has 2 rings (SSSR count). The van der Waals surface area contributed by atoms with E-state index in [4.69, 9.17) is 0 Å². The summed E-state index contributed by atoms with van der Waals surface area (Å²) in [5.74, 6) is -0.200. The van der Waals surface area contributed by atoms with Gasteiger partial charge in [0.15, 0.2) is 0 Å². The Bertz CT molecular complexity index is 585. The third-order valence-corrected chi connectivity index (χ3v) is 5.49. The van der Waals surface area contributed by atoms with E-state index in [1.165, 1.54) is 16.8 Å². The van der Waals surface area contributed by atoms with Gasteiger partial charge in [0, 0.05) is 6.54 Å². The fourth-order valence-corrected chi connectivity index (χ4v) is 3.26. The normalized spacial score (nSPS) is 11.4. The highest BCUT2D eigenvalue weighted by Crippen LogP contribution is 2.16. The molecule has 106 valence electrons. The third kappa shape index (κ3) is 3.70. The molecule has 0 fully saturated rings. The molecule has 0 heterocycles. The lowest BCUT2D eigenvalue weighted by molar-refractivity contribution is 0.629. The van der Waals surface area contributed by atoms with E-state index in [-0.39, 0.29) is 5.82 Å². The van der Waals surface area contributed by atoms with Crippen molar-refractivity contribution in [1.82, 2.24) is 0 Å². The van der Waals surface area contributed by atoms with Gasteiger partial charge >= 0.3 is 0 Å². The van der Waals surface area contributed by atoms with Crippen molar-refractivity contribution in [3.05, 3.63) is 59.4 Å². The summed E-state index contributed by atoms with van der Waals surface area (Å²) in [7, 11) is -1.24. The number of nitrogens with one attached hydrogen (secondary N) is 1. The fourth-order valence-electron chi connectivity index (χ4n) is 2.09. The van der Waals surface area contributed by atoms with Crippen LogP contribution in [0.5, 0.6) is 0 Å². The predicted octanol–water partition coefficient (Wildman–Crippen LogP) is 4.29. The van der Waals surface area contributed by atoms with Crippen LogP contribution in [0.2, 0.25) is 19.6 Å². The second-order valence-corrected chi connectivity index (χ2v) is 11.4. The Balaban J connectivity index is 2.06. The van der Waals surface area contributed by atoms with Gasteiger partial charge in [-0.3, -0.25) is 0 Å². The maximum Gasteiger partial charge on any atom is 0.146 e. The molecule has 3 heteroatoms. The number of anilines is 1. The molecule has 0 bridgehead atoms. The first-order valence-electron chi connectivity index (χ1n) is 6.96. The van der Waals surface area contributed by atoms with Gasteiger partial charge in [-0.1, -0.05) is 55.2 Å². The molecule has 0 saturated heterocycles. The molecule has 0 spiro atoms. The lowest BCUT2D eigenvalue weighted by Gasteiger charge is -2.17. The minimum atomic E-state index is -1.24. The monoisotopic (exact) mass is 287 g/mol. The average molecular weight is 287 g/mol. The summed E-state index contributed by atoms with van der Waals surface area (Å²) in [6.07, 6.45) is 0. The molecule has 1 N–H and O–H groups in total. The van der Waals surface area contributed by atoms with E-state index >= 15 is 0 Å². The molecule has 0 aliphatic carbocycles. The van der Waals surface area contributed by atoms with E-state index < -0.39 is 8.07 Å². The molecule has 1 nitrogen and oxygen atoms in total. The smallest absolute Gasteiger partial charge is 0.146 e. The number of hydrogen-bond donors (Lipinski definition) is 1. The Labute approximate surface area is 121 Å². The van der Waals surface area contributed by atoms with E-state index in [0.29, 0.717) is 12.2 Å². The fraction of sp³-hybridized carbons (Fsp3) is 0.294. The van der Waals surface area contributed by atoms with Crippen LogP contribution in [0.4, 0.5) is 10.1 Å². The Morgan fingerprint density at radius 1 is 1.00 bits per heavy atom. The molecule has 20 heavy (non-hydrogen) atoms. The molecule has 0 aliphatic heterocycles. The Kier molecular flexibility index (Phi) is 4.28. The SMILES string of the molecule is Cc1ccc(F)c(NCc2ccc([Si](C)(C)C)cc2)c1. The number of aryl methyl sites for hydroxylation is 1. The predicted molar refractivity (Wildman–Crippen MR) is 87.9 cm³/mol. The van der Waals surface area contributed by atoms with Gasteiger partial charge < -0.3 is 5.32 Å². The van der Waals surface area contributed by atoms with Gasteiger partial charge in [0.2, 0.25) is 0 Å². The van der Waals surface area contributed by atoms with E-state index in [1.54, 1.807) is 6.07 Å². The third-order valence-electron chi connectivity index (χ3n) is 3.42. The van der Waals surface area contributed by atoms with Crippen molar-refractivity contribution in [2.45, 2.75) is 33.1 Å². The highest BCUT2D eigenvalue weighted by molar-refractivity contribution is 6.88. The Hall–Kier alpha value is -1.61. The molecule has 2 aromatic rings. The molecule has 0 aromatic heterocycles. The van der Waals surface area contributed by atoms with Crippen molar-refractivity contribution in [3.8, 4) is 0 Å². The van der Waals surface area contributed by atoms with Gasteiger partial charge in [-0.05, 0) is 30.2 Å².